The smallest absolute Gasteiger partial charge is 0.338 e. The van der Waals surface area contributed by atoms with Gasteiger partial charge in [-0.1, -0.05) is 44.5 Å². The number of carbonyl (C=O) groups excluding carboxylic acids is 1. The van der Waals surface area contributed by atoms with Crippen molar-refractivity contribution in [3.05, 3.63) is 47.5 Å². The largest absolute Gasteiger partial charge is 0.459 e. The summed E-state index contributed by atoms with van der Waals surface area (Å²) in [6, 6.07) is 10.1. The minimum absolute atomic E-state index is 0.0211. The molecule has 0 aromatic heterocycles. The molecule has 1 aromatic rings. The van der Waals surface area contributed by atoms with Gasteiger partial charge in [0.1, 0.15) is 6.10 Å². The fraction of sp³-hybridized carbons (Fsp3) is 0.583. The zero-order valence-electron chi connectivity index (χ0n) is 16.8. The van der Waals surface area contributed by atoms with E-state index in [9.17, 15) is 4.79 Å². The van der Waals surface area contributed by atoms with Gasteiger partial charge in [-0.3, -0.25) is 0 Å². The first-order valence-electron chi connectivity index (χ1n) is 10.5. The fourth-order valence-electron chi connectivity index (χ4n) is 4.15. The van der Waals surface area contributed by atoms with Gasteiger partial charge >= 0.3 is 5.97 Å². The second-order valence-corrected chi connectivity index (χ2v) is 7.64. The molecule has 0 saturated heterocycles. The van der Waals surface area contributed by atoms with Crippen molar-refractivity contribution in [2.24, 2.45) is 5.92 Å². The molecular weight excluding hydrogens is 334 g/mol. The van der Waals surface area contributed by atoms with Crippen LogP contribution >= 0.6 is 0 Å². The van der Waals surface area contributed by atoms with E-state index in [2.05, 4.69) is 26.0 Å². The molecule has 0 spiro atoms. The molecule has 1 unspecified atom stereocenters. The summed E-state index contributed by atoms with van der Waals surface area (Å²) in [5, 5.41) is 8.56. The Morgan fingerprint density at radius 2 is 2.00 bits per heavy atom. The highest BCUT2D eigenvalue weighted by atomic mass is 16.5. The standard InChI is InChI=1S/C24H33NO2/c1-3-10-21(4-2)27-24(26)23-13-8-7-12-22(23)20-16-14-19(15-17-20)11-6-5-9-18-25/h5,7-9,12-13,19-21H,3-4,6,10-11,14-17H2,1-2H3/b9-5+. The number of hydrogen-bond acceptors (Lipinski definition) is 3. The molecule has 1 aromatic carbocycles. The van der Waals surface area contributed by atoms with Gasteiger partial charge in [-0.15, -0.1) is 0 Å². The lowest BCUT2D eigenvalue weighted by Gasteiger charge is -2.29. The Bertz CT molecular complexity index is 651. The number of ether oxygens (including phenoxy) is 1. The summed E-state index contributed by atoms with van der Waals surface area (Å²) in [4.78, 5) is 12.8. The van der Waals surface area contributed by atoms with Crippen molar-refractivity contribution >= 4 is 5.97 Å². The second-order valence-electron chi connectivity index (χ2n) is 7.64. The lowest BCUT2D eigenvalue weighted by molar-refractivity contribution is 0.0269. The van der Waals surface area contributed by atoms with Crippen LogP contribution in [0.5, 0.6) is 0 Å². The molecule has 1 fully saturated rings. The van der Waals surface area contributed by atoms with Crippen LogP contribution in [0.25, 0.3) is 0 Å². The summed E-state index contributed by atoms with van der Waals surface area (Å²) in [7, 11) is 0. The summed E-state index contributed by atoms with van der Waals surface area (Å²) in [6.07, 6.45) is 13.2. The van der Waals surface area contributed by atoms with Gasteiger partial charge in [0.15, 0.2) is 0 Å². The first-order chi connectivity index (χ1) is 13.2. The number of nitrogens with zero attached hydrogens (tertiary/aromatic N) is 1. The summed E-state index contributed by atoms with van der Waals surface area (Å²) < 4.78 is 5.78. The van der Waals surface area contributed by atoms with Crippen LogP contribution in [0.2, 0.25) is 0 Å². The highest BCUT2D eigenvalue weighted by molar-refractivity contribution is 5.91. The Morgan fingerprint density at radius 1 is 1.26 bits per heavy atom. The van der Waals surface area contributed by atoms with E-state index in [-0.39, 0.29) is 12.1 Å². The van der Waals surface area contributed by atoms with Gasteiger partial charge in [-0.05, 0) is 74.8 Å². The van der Waals surface area contributed by atoms with Crippen LogP contribution in [0.3, 0.4) is 0 Å². The Hall–Kier alpha value is -2.08. The third kappa shape index (κ3) is 6.54. The lowest BCUT2D eigenvalue weighted by atomic mass is 9.76. The predicted octanol–water partition coefficient (Wildman–Crippen LogP) is 6.56. The number of allylic oxidation sites excluding steroid dienone is 2. The molecule has 0 aliphatic heterocycles. The summed E-state index contributed by atoms with van der Waals surface area (Å²) in [5.41, 5.74) is 1.92. The van der Waals surface area contributed by atoms with Gasteiger partial charge in [0.2, 0.25) is 0 Å². The molecule has 2 rings (SSSR count). The van der Waals surface area contributed by atoms with Crippen molar-refractivity contribution in [3.8, 4) is 6.07 Å². The van der Waals surface area contributed by atoms with Crippen LogP contribution in [0.1, 0.15) is 93.5 Å². The van der Waals surface area contributed by atoms with Gasteiger partial charge in [0.25, 0.3) is 0 Å². The Morgan fingerprint density at radius 3 is 2.67 bits per heavy atom. The van der Waals surface area contributed by atoms with Gasteiger partial charge in [-0.2, -0.15) is 5.26 Å². The molecule has 0 bridgehead atoms. The van der Waals surface area contributed by atoms with Crippen molar-refractivity contribution in [2.75, 3.05) is 0 Å². The average Bonchev–Trinajstić information content (AvgIpc) is 2.71. The number of carbonyl (C=O) groups is 1. The normalized spacial score (nSPS) is 20.9. The number of rotatable bonds is 9. The molecule has 0 heterocycles. The Kier molecular flexibility index (Phi) is 9.11. The van der Waals surface area contributed by atoms with Crippen LogP contribution in [-0.2, 0) is 4.74 Å². The van der Waals surface area contributed by atoms with Crippen molar-refractivity contribution in [1.29, 1.82) is 5.26 Å². The maximum Gasteiger partial charge on any atom is 0.338 e. The summed E-state index contributed by atoms with van der Waals surface area (Å²) in [5.74, 6) is 1.03. The zero-order valence-corrected chi connectivity index (χ0v) is 16.8. The topological polar surface area (TPSA) is 50.1 Å². The molecule has 3 heteroatoms. The highest BCUT2D eigenvalue weighted by Crippen LogP contribution is 2.39. The molecular formula is C24H33NO2. The van der Waals surface area contributed by atoms with E-state index in [1.54, 1.807) is 6.08 Å². The minimum atomic E-state index is -0.158. The number of nitriles is 1. The van der Waals surface area contributed by atoms with Gasteiger partial charge in [0.05, 0.1) is 11.6 Å². The van der Waals surface area contributed by atoms with E-state index in [0.717, 1.165) is 62.0 Å². The second kappa shape index (κ2) is 11.6. The van der Waals surface area contributed by atoms with Crippen LogP contribution in [0, 0.1) is 17.2 Å². The van der Waals surface area contributed by atoms with E-state index in [1.165, 1.54) is 12.8 Å². The number of hydrogen-bond donors (Lipinski definition) is 0. The summed E-state index contributed by atoms with van der Waals surface area (Å²) >= 11 is 0. The van der Waals surface area contributed by atoms with Gasteiger partial charge in [0, 0.05) is 6.08 Å². The average molecular weight is 368 g/mol. The highest BCUT2D eigenvalue weighted by Gasteiger charge is 2.26. The predicted molar refractivity (Wildman–Crippen MR) is 110 cm³/mol. The minimum Gasteiger partial charge on any atom is -0.459 e. The quantitative estimate of drug-likeness (QED) is 0.367. The molecule has 1 saturated carbocycles. The third-order valence-corrected chi connectivity index (χ3v) is 5.74. The van der Waals surface area contributed by atoms with Crippen molar-refractivity contribution in [3.63, 3.8) is 0 Å². The molecule has 1 aliphatic carbocycles. The maximum atomic E-state index is 12.8. The van der Waals surface area contributed by atoms with E-state index >= 15 is 0 Å². The third-order valence-electron chi connectivity index (χ3n) is 5.74. The van der Waals surface area contributed by atoms with Crippen molar-refractivity contribution in [1.82, 2.24) is 0 Å². The molecule has 146 valence electrons. The van der Waals surface area contributed by atoms with Crippen molar-refractivity contribution < 1.29 is 9.53 Å². The van der Waals surface area contributed by atoms with Crippen molar-refractivity contribution in [2.45, 2.75) is 83.7 Å². The van der Waals surface area contributed by atoms with Gasteiger partial charge < -0.3 is 4.74 Å². The molecule has 1 atom stereocenters. The van der Waals surface area contributed by atoms with E-state index in [4.69, 9.17) is 10.00 Å². The summed E-state index contributed by atoms with van der Waals surface area (Å²) in [6.45, 7) is 4.20. The molecule has 3 nitrogen and oxygen atoms in total. The Balaban J connectivity index is 1.97. The van der Waals surface area contributed by atoms with Gasteiger partial charge in [-0.25, -0.2) is 4.79 Å². The van der Waals surface area contributed by atoms with E-state index in [1.807, 2.05) is 24.3 Å². The molecule has 27 heavy (non-hydrogen) atoms. The number of benzene rings is 1. The maximum absolute atomic E-state index is 12.8. The molecule has 1 aliphatic rings. The van der Waals surface area contributed by atoms with E-state index < -0.39 is 0 Å². The zero-order chi connectivity index (χ0) is 19.5. The van der Waals surface area contributed by atoms with Crippen LogP contribution in [-0.4, -0.2) is 12.1 Å². The monoisotopic (exact) mass is 367 g/mol. The van der Waals surface area contributed by atoms with E-state index in [0.29, 0.717) is 5.92 Å². The van der Waals surface area contributed by atoms with Crippen LogP contribution in [0.15, 0.2) is 36.4 Å². The first-order valence-corrected chi connectivity index (χ1v) is 10.5. The molecule has 0 N–H and O–H groups in total. The number of esters is 1. The first kappa shape index (κ1) is 21.2. The molecule has 0 radical (unpaired) electrons. The molecule has 0 amide bonds. The lowest BCUT2D eigenvalue weighted by Crippen LogP contribution is -2.20. The van der Waals surface area contributed by atoms with Crippen LogP contribution in [0.4, 0.5) is 0 Å². The fourth-order valence-corrected chi connectivity index (χ4v) is 4.15. The van der Waals surface area contributed by atoms with Crippen LogP contribution < -0.4 is 0 Å². The Labute approximate surface area is 164 Å². The SMILES string of the molecule is CCCC(CC)OC(=O)c1ccccc1C1CCC(CC/C=C/C#N)CC1.